The first-order valence-electron chi connectivity index (χ1n) is 19.7. The summed E-state index contributed by atoms with van der Waals surface area (Å²) in [6, 6.07) is 79.1. The molecule has 0 aromatic heterocycles. The van der Waals surface area contributed by atoms with Crippen LogP contribution in [0.3, 0.4) is 0 Å². The van der Waals surface area contributed by atoms with Crippen LogP contribution in [-0.4, -0.2) is 0 Å². The van der Waals surface area contributed by atoms with Crippen molar-refractivity contribution in [1.82, 2.24) is 0 Å². The van der Waals surface area contributed by atoms with Crippen LogP contribution in [0.1, 0.15) is 22.3 Å². The molecule has 0 fully saturated rings. The van der Waals surface area contributed by atoms with Crippen molar-refractivity contribution >= 4 is 61.1 Å². The van der Waals surface area contributed by atoms with Crippen molar-refractivity contribution in [3.05, 3.63) is 235 Å². The van der Waals surface area contributed by atoms with Crippen LogP contribution in [0, 0.1) is 0 Å². The van der Waals surface area contributed by atoms with Crippen LogP contribution in [0.4, 0.5) is 17.1 Å². The van der Waals surface area contributed by atoms with E-state index in [0.29, 0.717) is 0 Å². The largest absolute Gasteiger partial charge is 0.310 e. The summed E-state index contributed by atoms with van der Waals surface area (Å²) in [5.41, 5.74) is 13.1. The van der Waals surface area contributed by atoms with Crippen LogP contribution in [0.2, 0.25) is 0 Å². The van der Waals surface area contributed by atoms with Gasteiger partial charge in [0, 0.05) is 26.7 Å². The van der Waals surface area contributed by atoms with E-state index in [9.17, 15) is 0 Å². The average Bonchev–Trinajstić information content (AvgIpc) is 3.28. The zero-order valence-corrected chi connectivity index (χ0v) is 31.9. The highest BCUT2D eigenvalue weighted by molar-refractivity contribution is 7.99. The first-order valence-corrected chi connectivity index (χ1v) is 20.5. The minimum absolute atomic E-state index is 0.543. The molecule has 10 aromatic carbocycles. The van der Waals surface area contributed by atoms with Gasteiger partial charge in [0.25, 0.3) is 0 Å². The molecule has 12 rings (SSSR count). The van der Waals surface area contributed by atoms with Crippen LogP contribution in [0.5, 0.6) is 0 Å². The molecule has 1 atom stereocenters. The Morgan fingerprint density at radius 3 is 1.75 bits per heavy atom. The molecule has 2 aliphatic rings. The monoisotopic (exact) mass is 741 g/mol. The number of benzene rings is 10. The second kappa shape index (κ2) is 12.6. The Balaban J connectivity index is 1.20. The third-order valence-electron chi connectivity index (χ3n) is 12.2. The minimum Gasteiger partial charge on any atom is -0.310 e. The van der Waals surface area contributed by atoms with Gasteiger partial charge in [0.2, 0.25) is 0 Å². The highest BCUT2D eigenvalue weighted by Crippen LogP contribution is 2.62. The Bertz CT molecular complexity index is 3230. The maximum absolute atomic E-state index is 2.51. The molecule has 1 nitrogen and oxygen atoms in total. The molecular weight excluding hydrogens is 707 g/mol. The second-order valence-electron chi connectivity index (χ2n) is 15.2. The lowest BCUT2D eigenvalue weighted by Gasteiger charge is -2.46. The fourth-order valence-corrected chi connectivity index (χ4v) is 11.0. The molecule has 1 unspecified atom stereocenters. The van der Waals surface area contributed by atoms with Crippen molar-refractivity contribution in [2.24, 2.45) is 0 Å². The van der Waals surface area contributed by atoms with E-state index < -0.39 is 5.41 Å². The number of nitrogens with zero attached hydrogens (tertiary/aromatic N) is 1. The lowest BCUT2D eigenvalue weighted by Crippen LogP contribution is -2.36. The SMILES string of the molecule is c1ccc(-c2cc3ccccc3cc2N(c2ccc3c(c2)C2(c4ccccc4S3)c3ccccc3-c3cccc4cccc2c34)c2ccc3ccccc3c2)cc1. The van der Waals surface area contributed by atoms with Gasteiger partial charge in [-0.15, -0.1) is 0 Å². The van der Waals surface area contributed by atoms with Crippen molar-refractivity contribution in [2.75, 3.05) is 4.90 Å². The standard InChI is InChI=1S/C55H35NS/c1-2-15-37(16-3-1)46-33-40-18-6-7-19-41(40)34-51(46)56(42-29-28-36-14-4-5-17-39(36)32-42)43-30-31-53-50(35-43)55(48-25-10-11-27-52(48)57-53)47-24-9-8-22-44(47)45-23-12-20-38-21-13-26-49(55)54(38)45/h1-35H. The average molecular weight is 742 g/mol. The number of hydrogen-bond acceptors (Lipinski definition) is 2. The number of rotatable bonds is 4. The Labute approximate surface area is 336 Å². The number of fused-ring (bicyclic) bond motifs is 10. The molecule has 0 N–H and O–H groups in total. The van der Waals surface area contributed by atoms with Crippen molar-refractivity contribution < 1.29 is 0 Å². The topological polar surface area (TPSA) is 3.24 Å². The summed E-state index contributed by atoms with van der Waals surface area (Å²) in [6.07, 6.45) is 0. The first kappa shape index (κ1) is 32.4. The summed E-state index contributed by atoms with van der Waals surface area (Å²) in [4.78, 5) is 5.09. The van der Waals surface area contributed by atoms with Crippen LogP contribution >= 0.6 is 11.8 Å². The van der Waals surface area contributed by atoms with E-state index in [1.165, 1.54) is 86.6 Å². The molecule has 0 saturated carbocycles. The minimum atomic E-state index is -0.543. The quantitative estimate of drug-likeness (QED) is 0.177. The fraction of sp³-hybridized carbons (Fsp3) is 0.0182. The molecule has 1 aliphatic heterocycles. The highest BCUT2D eigenvalue weighted by Gasteiger charge is 2.48. The van der Waals surface area contributed by atoms with Gasteiger partial charge in [0.05, 0.1) is 11.1 Å². The molecule has 0 saturated heterocycles. The van der Waals surface area contributed by atoms with Crippen molar-refractivity contribution in [2.45, 2.75) is 15.2 Å². The van der Waals surface area contributed by atoms with E-state index in [0.717, 1.165) is 17.1 Å². The van der Waals surface area contributed by atoms with E-state index in [2.05, 4.69) is 217 Å². The van der Waals surface area contributed by atoms with Gasteiger partial charge in [-0.1, -0.05) is 176 Å². The van der Waals surface area contributed by atoms with Gasteiger partial charge in [0.1, 0.15) is 0 Å². The molecule has 1 aliphatic carbocycles. The molecule has 57 heavy (non-hydrogen) atoms. The molecular formula is C55H35NS. The summed E-state index contributed by atoms with van der Waals surface area (Å²) in [5, 5.41) is 7.48. The van der Waals surface area contributed by atoms with Crippen LogP contribution in [0.25, 0.3) is 54.6 Å². The van der Waals surface area contributed by atoms with E-state index in [1.807, 2.05) is 11.8 Å². The van der Waals surface area contributed by atoms with E-state index in [-0.39, 0.29) is 0 Å². The Hall–Kier alpha value is -6.87. The van der Waals surface area contributed by atoms with Crippen molar-refractivity contribution in [3.8, 4) is 22.3 Å². The van der Waals surface area contributed by atoms with Gasteiger partial charge >= 0.3 is 0 Å². The lowest BCUT2D eigenvalue weighted by atomic mass is 9.59. The Morgan fingerprint density at radius 2 is 0.912 bits per heavy atom. The summed E-state index contributed by atoms with van der Waals surface area (Å²) in [5.74, 6) is 0. The van der Waals surface area contributed by atoms with Crippen molar-refractivity contribution in [3.63, 3.8) is 0 Å². The predicted octanol–water partition coefficient (Wildman–Crippen LogP) is 15.1. The molecule has 2 heteroatoms. The molecule has 10 aromatic rings. The van der Waals surface area contributed by atoms with Crippen LogP contribution in [0.15, 0.2) is 222 Å². The van der Waals surface area contributed by atoms with Gasteiger partial charge in [-0.05, 0) is 120 Å². The smallest absolute Gasteiger partial charge is 0.0736 e. The molecule has 0 bridgehead atoms. The van der Waals surface area contributed by atoms with Gasteiger partial charge in [0.15, 0.2) is 0 Å². The van der Waals surface area contributed by atoms with E-state index >= 15 is 0 Å². The Morgan fingerprint density at radius 1 is 0.333 bits per heavy atom. The predicted molar refractivity (Wildman–Crippen MR) is 241 cm³/mol. The Kier molecular flexibility index (Phi) is 7.14. The van der Waals surface area contributed by atoms with Gasteiger partial charge in [-0.3, -0.25) is 0 Å². The summed E-state index contributed by atoms with van der Waals surface area (Å²) in [6.45, 7) is 0. The molecule has 266 valence electrons. The summed E-state index contributed by atoms with van der Waals surface area (Å²) < 4.78 is 0. The zero-order valence-electron chi connectivity index (χ0n) is 31.1. The maximum atomic E-state index is 2.51. The third kappa shape index (κ3) is 4.78. The van der Waals surface area contributed by atoms with Gasteiger partial charge < -0.3 is 4.90 Å². The summed E-state index contributed by atoms with van der Waals surface area (Å²) in [7, 11) is 0. The fourth-order valence-electron chi connectivity index (χ4n) is 9.82. The summed E-state index contributed by atoms with van der Waals surface area (Å²) >= 11 is 1.89. The molecule has 0 amide bonds. The van der Waals surface area contributed by atoms with E-state index in [4.69, 9.17) is 0 Å². The van der Waals surface area contributed by atoms with Crippen LogP contribution in [-0.2, 0) is 5.41 Å². The van der Waals surface area contributed by atoms with Gasteiger partial charge in [-0.2, -0.15) is 0 Å². The highest BCUT2D eigenvalue weighted by atomic mass is 32.2. The van der Waals surface area contributed by atoms with Gasteiger partial charge in [-0.25, -0.2) is 0 Å². The normalized spacial score (nSPS) is 15.0. The van der Waals surface area contributed by atoms with Crippen molar-refractivity contribution in [1.29, 1.82) is 0 Å². The number of hydrogen-bond donors (Lipinski definition) is 0. The lowest BCUT2D eigenvalue weighted by molar-refractivity contribution is 0.707. The first-order chi connectivity index (χ1) is 28.3. The zero-order chi connectivity index (χ0) is 37.5. The maximum Gasteiger partial charge on any atom is 0.0736 e. The second-order valence-corrected chi connectivity index (χ2v) is 16.3. The molecule has 1 spiro atoms. The number of anilines is 3. The molecule has 0 radical (unpaired) electrons. The third-order valence-corrected chi connectivity index (χ3v) is 13.4. The van der Waals surface area contributed by atoms with Crippen LogP contribution < -0.4 is 4.90 Å². The van der Waals surface area contributed by atoms with E-state index in [1.54, 1.807) is 0 Å². The molecule has 1 heterocycles.